The molecule has 30 heavy (non-hydrogen) atoms. The van der Waals surface area contributed by atoms with E-state index in [2.05, 4.69) is 10.2 Å². The lowest BCUT2D eigenvalue weighted by Crippen LogP contribution is -2.40. The quantitative estimate of drug-likeness (QED) is 0.717. The molecule has 0 saturated carbocycles. The van der Waals surface area contributed by atoms with Crippen LogP contribution in [0.2, 0.25) is 0 Å². The van der Waals surface area contributed by atoms with Crippen LogP contribution in [0.15, 0.2) is 52.0 Å². The number of hydrogen-bond acceptors (Lipinski definition) is 6. The van der Waals surface area contributed by atoms with Crippen molar-refractivity contribution in [3.63, 3.8) is 0 Å². The Kier molecular flexibility index (Phi) is 6.52. The van der Waals surface area contributed by atoms with Crippen molar-refractivity contribution in [2.45, 2.75) is 23.8 Å². The number of carbonyl (C=O) groups excluding carboxylic acids is 1. The SMILES string of the molecule is O=C(NC[C@H](c1ccco1)N1CCCC1)c1cccc(S(=O)(=O)N2CCOCC2)c1. The van der Waals surface area contributed by atoms with E-state index in [0.717, 1.165) is 31.7 Å². The molecule has 0 radical (unpaired) electrons. The van der Waals surface area contributed by atoms with Gasteiger partial charge in [0.2, 0.25) is 10.0 Å². The van der Waals surface area contributed by atoms with Crippen LogP contribution < -0.4 is 5.32 Å². The van der Waals surface area contributed by atoms with E-state index in [1.54, 1.807) is 18.4 Å². The number of ether oxygens (including phenoxy) is 1. The Bertz CT molecular complexity index is 949. The van der Waals surface area contributed by atoms with E-state index < -0.39 is 10.0 Å². The standard InChI is InChI=1S/C21H27N3O5S/c25-21(22-16-19(20-7-4-12-29-20)23-8-1-2-9-23)17-5-3-6-18(15-17)30(26,27)24-10-13-28-14-11-24/h3-7,12,15,19H,1-2,8-11,13-14,16H2,(H,22,25)/t19-/m1/s1. The molecule has 2 aliphatic rings. The van der Waals surface area contributed by atoms with E-state index in [0.29, 0.717) is 38.4 Å². The van der Waals surface area contributed by atoms with Crippen LogP contribution in [0.3, 0.4) is 0 Å². The minimum absolute atomic E-state index is 0.0354. The van der Waals surface area contributed by atoms with Crippen LogP contribution >= 0.6 is 0 Å². The van der Waals surface area contributed by atoms with Crippen LogP contribution in [-0.2, 0) is 14.8 Å². The highest BCUT2D eigenvalue weighted by molar-refractivity contribution is 7.89. The summed E-state index contributed by atoms with van der Waals surface area (Å²) in [6.45, 7) is 3.73. The Morgan fingerprint density at radius 3 is 2.53 bits per heavy atom. The van der Waals surface area contributed by atoms with Gasteiger partial charge >= 0.3 is 0 Å². The van der Waals surface area contributed by atoms with Crippen molar-refractivity contribution in [1.82, 2.24) is 14.5 Å². The molecule has 4 rings (SSSR count). The molecule has 1 N–H and O–H groups in total. The summed E-state index contributed by atoms with van der Waals surface area (Å²) in [6, 6.07) is 9.94. The van der Waals surface area contributed by atoms with Gasteiger partial charge in [-0.15, -0.1) is 0 Å². The van der Waals surface area contributed by atoms with E-state index in [4.69, 9.17) is 9.15 Å². The fraction of sp³-hybridized carbons (Fsp3) is 0.476. The second kappa shape index (κ2) is 9.30. The zero-order valence-corrected chi connectivity index (χ0v) is 17.6. The topological polar surface area (TPSA) is 92.1 Å². The van der Waals surface area contributed by atoms with Gasteiger partial charge in [0.05, 0.1) is 30.4 Å². The third kappa shape index (κ3) is 4.59. The van der Waals surface area contributed by atoms with Crippen LogP contribution in [0.5, 0.6) is 0 Å². The Labute approximate surface area is 176 Å². The lowest BCUT2D eigenvalue weighted by molar-refractivity contribution is 0.0730. The maximum atomic E-state index is 12.9. The molecule has 2 fully saturated rings. The highest BCUT2D eigenvalue weighted by Gasteiger charge is 2.28. The fourth-order valence-electron chi connectivity index (χ4n) is 3.97. The minimum Gasteiger partial charge on any atom is -0.468 e. The summed E-state index contributed by atoms with van der Waals surface area (Å²) in [5, 5.41) is 2.95. The molecule has 0 spiro atoms. The molecule has 0 aliphatic carbocycles. The summed E-state index contributed by atoms with van der Waals surface area (Å²) in [6.07, 6.45) is 3.90. The summed E-state index contributed by atoms with van der Waals surface area (Å²) < 4.78 is 38.0. The number of rotatable bonds is 7. The summed E-state index contributed by atoms with van der Waals surface area (Å²) in [5.41, 5.74) is 0.323. The number of nitrogens with one attached hydrogen (secondary N) is 1. The number of amides is 1. The summed E-state index contributed by atoms with van der Waals surface area (Å²) in [4.78, 5) is 15.2. The minimum atomic E-state index is -3.65. The van der Waals surface area contributed by atoms with Crippen molar-refractivity contribution in [2.75, 3.05) is 45.9 Å². The van der Waals surface area contributed by atoms with Crippen molar-refractivity contribution >= 4 is 15.9 Å². The summed E-state index contributed by atoms with van der Waals surface area (Å²) in [5.74, 6) is 0.519. The third-order valence-corrected chi connectivity index (χ3v) is 7.51. The van der Waals surface area contributed by atoms with Crippen molar-refractivity contribution in [2.24, 2.45) is 0 Å². The largest absolute Gasteiger partial charge is 0.468 e. The molecule has 1 aromatic heterocycles. The molecule has 0 unspecified atom stereocenters. The number of hydrogen-bond donors (Lipinski definition) is 1. The molecule has 2 aliphatic heterocycles. The third-order valence-electron chi connectivity index (χ3n) is 5.61. The lowest BCUT2D eigenvalue weighted by Gasteiger charge is -2.26. The first-order valence-corrected chi connectivity index (χ1v) is 11.7. The van der Waals surface area contributed by atoms with Crippen molar-refractivity contribution in [3.05, 3.63) is 54.0 Å². The van der Waals surface area contributed by atoms with Gasteiger partial charge in [-0.3, -0.25) is 9.69 Å². The number of benzene rings is 1. The van der Waals surface area contributed by atoms with Gasteiger partial charge in [0.15, 0.2) is 0 Å². The summed E-state index contributed by atoms with van der Waals surface area (Å²) >= 11 is 0. The Hall–Kier alpha value is -2.20. The predicted molar refractivity (Wildman–Crippen MR) is 111 cm³/mol. The summed E-state index contributed by atoms with van der Waals surface area (Å²) in [7, 11) is -3.65. The first-order valence-electron chi connectivity index (χ1n) is 10.3. The fourth-order valence-corrected chi connectivity index (χ4v) is 5.42. The first kappa shape index (κ1) is 21.0. The highest BCUT2D eigenvalue weighted by Crippen LogP contribution is 2.25. The monoisotopic (exact) mass is 433 g/mol. The second-order valence-electron chi connectivity index (χ2n) is 7.53. The van der Waals surface area contributed by atoms with Crippen LogP contribution in [0, 0.1) is 0 Å². The Morgan fingerprint density at radius 2 is 1.83 bits per heavy atom. The number of furan rings is 1. The van der Waals surface area contributed by atoms with Gasteiger partial charge in [-0.25, -0.2) is 8.42 Å². The van der Waals surface area contributed by atoms with Gasteiger partial charge in [0.1, 0.15) is 5.76 Å². The molecule has 8 nitrogen and oxygen atoms in total. The Morgan fingerprint density at radius 1 is 1.07 bits per heavy atom. The molecule has 0 bridgehead atoms. The van der Waals surface area contributed by atoms with Gasteiger partial charge in [0, 0.05) is 25.2 Å². The maximum absolute atomic E-state index is 12.9. The van der Waals surface area contributed by atoms with Gasteiger partial charge in [-0.2, -0.15) is 4.31 Å². The molecular weight excluding hydrogens is 406 g/mol. The Balaban J connectivity index is 1.46. The molecule has 162 valence electrons. The van der Waals surface area contributed by atoms with E-state index >= 15 is 0 Å². The number of likely N-dealkylation sites (tertiary alicyclic amines) is 1. The molecule has 1 amide bonds. The van der Waals surface area contributed by atoms with E-state index in [9.17, 15) is 13.2 Å². The first-order chi connectivity index (χ1) is 14.6. The number of carbonyl (C=O) groups is 1. The average Bonchev–Trinajstić information content (AvgIpc) is 3.50. The van der Waals surface area contributed by atoms with Crippen LogP contribution in [0.25, 0.3) is 0 Å². The number of morpholine rings is 1. The molecule has 2 saturated heterocycles. The van der Waals surface area contributed by atoms with Crippen LogP contribution in [0.4, 0.5) is 0 Å². The molecule has 1 aromatic carbocycles. The van der Waals surface area contributed by atoms with Crippen molar-refractivity contribution in [1.29, 1.82) is 0 Å². The average molecular weight is 434 g/mol. The normalized spacial score (nSPS) is 19.6. The highest BCUT2D eigenvalue weighted by atomic mass is 32.2. The zero-order chi connectivity index (χ0) is 21.0. The molecule has 3 heterocycles. The lowest BCUT2D eigenvalue weighted by atomic mass is 10.1. The number of sulfonamides is 1. The second-order valence-corrected chi connectivity index (χ2v) is 9.47. The van der Waals surface area contributed by atoms with Gasteiger partial charge in [-0.05, 0) is 56.3 Å². The van der Waals surface area contributed by atoms with Gasteiger partial charge < -0.3 is 14.5 Å². The van der Waals surface area contributed by atoms with Crippen molar-refractivity contribution < 1.29 is 22.4 Å². The maximum Gasteiger partial charge on any atom is 0.251 e. The van der Waals surface area contributed by atoms with E-state index in [1.807, 2.05) is 12.1 Å². The molecule has 1 atom stereocenters. The smallest absolute Gasteiger partial charge is 0.251 e. The van der Waals surface area contributed by atoms with Gasteiger partial charge in [-0.1, -0.05) is 6.07 Å². The number of nitrogens with zero attached hydrogens (tertiary/aromatic N) is 2. The zero-order valence-electron chi connectivity index (χ0n) is 16.8. The molecular formula is C21H27N3O5S. The van der Waals surface area contributed by atoms with Gasteiger partial charge in [0.25, 0.3) is 5.91 Å². The van der Waals surface area contributed by atoms with Crippen LogP contribution in [0.1, 0.15) is 35.0 Å². The molecule has 2 aromatic rings. The molecule has 9 heteroatoms. The predicted octanol–water partition coefficient (Wildman–Crippen LogP) is 1.87. The van der Waals surface area contributed by atoms with Crippen molar-refractivity contribution in [3.8, 4) is 0 Å². The van der Waals surface area contributed by atoms with Crippen LogP contribution in [-0.4, -0.2) is 69.5 Å². The van der Waals surface area contributed by atoms with E-state index in [-0.39, 0.29) is 16.8 Å². The van der Waals surface area contributed by atoms with E-state index in [1.165, 1.54) is 16.4 Å².